The lowest BCUT2D eigenvalue weighted by atomic mass is 9.89. The van der Waals surface area contributed by atoms with Crippen LogP contribution in [0.3, 0.4) is 0 Å². The van der Waals surface area contributed by atoms with E-state index in [-0.39, 0.29) is 5.69 Å². The molecule has 4 nitrogen and oxygen atoms in total. The second-order valence-corrected chi connectivity index (χ2v) is 5.37. The first kappa shape index (κ1) is 14.5. The summed E-state index contributed by atoms with van der Waals surface area (Å²) >= 11 is 0. The molecule has 1 heterocycles. The van der Waals surface area contributed by atoms with Gasteiger partial charge in [-0.05, 0) is 31.5 Å². The molecule has 1 atom stereocenters. The number of primary amides is 1. The minimum absolute atomic E-state index is 0.307. The number of hydrogen-bond donors (Lipinski definition) is 2. The number of hydrogen-bond acceptors (Lipinski definition) is 3. The molecular weight excluding hydrogens is 271 g/mol. The summed E-state index contributed by atoms with van der Waals surface area (Å²) in [6.07, 6.45) is -3.97. The standard InChI is InChI=1S/C13H16F3N3O/c1-12(11(18)20)4-5-19(7-12)8-2-3-10(17)9(6-8)13(14,15)16/h2-3,6H,4-5,7,17H2,1H3,(H2,18,20). The summed E-state index contributed by atoms with van der Waals surface area (Å²) in [6.45, 7) is 2.52. The van der Waals surface area contributed by atoms with E-state index in [2.05, 4.69) is 0 Å². The molecular formula is C13H16F3N3O. The summed E-state index contributed by atoms with van der Waals surface area (Å²) < 4.78 is 38.5. The van der Waals surface area contributed by atoms with E-state index >= 15 is 0 Å². The van der Waals surface area contributed by atoms with Crippen molar-refractivity contribution in [1.82, 2.24) is 0 Å². The fourth-order valence-electron chi connectivity index (χ4n) is 2.37. The van der Waals surface area contributed by atoms with Crippen molar-refractivity contribution in [1.29, 1.82) is 0 Å². The monoisotopic (exact) mass is 287 g/mol. The molecule has 0 spiro atoms. The van der Waals surface area contributed by atoms with Gasteiger partial charge < -0.3 is 16.4 Å². The van der Waals surface area contributed by atoms with E-state index < -0.39 is 23.1 Å². The molecule has 1 aromatic carbocycles. The number of benzene rings is 1. The van der Waals surface area contributed by atoms with Crippen LogP contribution in [0.25, 0.3) is 0 Å². The molecule has 110 valence electrons. The number of amides is 1. The van der Waals surface area contributed by atoms with Crippen molar-refractivity contribution in [2.45, 2.75) is 19.5 Å². The first-order valence-corrected chi connectivity index (χ1v) is 6.15. The molecule has 0 bridgehead atoms. The van der Waals surface area contributed by atoms with Gasteiger partial charge in [0, 0.05) is 24.5 Å². The zero-order valence-corrected chi connectivity index (χ0v) is 11.0. The predicted molar refractivity (Wildman–Crippen MR) is 70.0 cm³/mol. The number of carbonyl (C=O) groups is 1. The largest absolute Gasteiger partial charge is 0.418 e. The third kappa shape index (κ3) is 2.52. The molecule has 0 aliphatic carbocycles. The van der Waals surface area contributed by atoms with Crippen LogP contribution in [0.1, 0.15) is 18.9 Å². The van der Waals surface area contributed by atoms with Gasteiger partial charge in [0.25, 0.3) is 0 Å². The van der Waals surface area contributed by atoms with E-state index in [0.717, 1.165) is 6.07 Å². The summed E-state index contributed by atoms with van der Waals surface area (Å²) in [5, 5.41) is 0. The van der Waals surface area contributed by atoms with Crippen LogP contribution in [-0.4, -0.2) is 19.0 Å². The van der Waals surface area contributed by atoms with Gasteiger partial charge in [-0.2, -0.15) is 13.2 Å². The summed E-state index contributed by atoms with van der Waals surface area (Å²) in [7, 11) is 0. The number of nitrogens with two attached hydrogens (primary N) is 2. The molecule has 0 aromatic heterocycles. The Bertz CT molecular complexity index is 544. The third-order valence-electron chi connectivity index (χ3n) is 3.78. The minimum Gasteiger partial charge on any atom is -0.398 e. The summed E-state index contributed by atoms with van der Waals surface area (Å²) in [5.41, 5.74) is 9.22. The molecule has 1 unspecified atom stereocenters. The van der Waals surface area contributed by atoms with E-state index in [4.69, 9.17) is 11.5 Å². The van der Waals surface area contributed by atoms with Gasteiger partial charge in [-0.3, -0.25) is 4.79 Å². The second-order valence-electron chi connectivity index (χ2n) is 5.37. The van der Waals surface area contributed by atoms with Crippen LogP contribution in [0, 0.1) is 5.41 Å². The van der Waals surface area contributed by atoms with Crippen molar-refractivity contribution in [3.05, 3.63) is 23.8 Å². The molecule has 0 radical (unpaired) electrons. The van der Waals surface area contributed by atoms with E-state index in [0.29, 0.717) is 25.2 Å². The van der Waals surface area contributed by atoms with Crippen molar-refractivity contribution in [2.24, 2.45) is 11.1 Å². The lowest BCUT2D eigenvalue weighted by Crippen LogP contribution is -2.37. The lowest BCUT2D eigenvalue weighted by molar-refractivity contribution is -0.136. The topological polar surface area (TPSA) is 72.4 Å². The Hall–Kier alpha value is -1.92. The number of nitrogens with zero attached hydrogens (tertiary/aromatic N) is 1. The van der Waals surface area contributed by atoms with E-state index in [1.54, 1.807) is 11.8 Å². The highest BCUT2D eigenvalue weighted by atomic mass is 19.4. The molecule has 1 aromatic rings. The first-order valence-electron chi connectivity index (χ1n) is 6.15. The number of halogens is 3. The van der Waals surface area contributed by atoms with Crippen molar-refractivity contribution in [3.8, 4) is 0 Å². The number of nitrogen functional groups attached to an aromatic ring is 1. The van der Waals surface area contributed by atoms with Crippen molar-refractivity contribution < 1.29 is 18.0 Å². The van der Waals surface area contributed by atoms with Crippen LogP contribution >= 0.6 is 0 Å². The Morgan fingerprint density at radius 3 is 2.55 bits per heavy atom. The highest BCUT2D eigenvalue weighted by molar-refractivity contribution is 5.82. The van der Waals surface area contributed by atoms with Crippen LogP contribution in [-0.2, 0) is 11.0 Å². The molecule has 20 heavy (non-hydrogen) atoms. The van der Waals surface area contributed by atoms with Gasteiger partial charge >= 0.3 is 6.18 Å². The SMILES string of the molecule is CC1(C(N)=O)CCN(c2ccc(N)c(C(F)(F)F)c2)C1. The second kappa shape index (κ2) is 4.57. The molecule has 1 aliphatic rings. The average molecular weight is 287 g/mol. The molecule has 1 amide bonds. The molecule has 1 saturated heterocycles. The van der Waals surface area contributed by atoms with E-state index in [1.807, 2.05) is 0 Å². The van der Waals surface area contributed by atoms with Gasteiger partial charge in [-0.1, -0.05) is 0 Å². The third-order valence-corrected chi connectivity index (χ3v) is 3.78. The highest BCUT2D eigenvalue weighted by Crippen LogP contribution is 2.38. The fraction of sp³-hybridized carbons (Fsp3) is 0.462. The Kier molecular flexibility index (Phi) is 3.31. The van der Waals surface area contributed by atoms with Gasteiger partial charge in [0.2, 0.25) is 5.91 Å². The zero-order chi connectivity index (χ0) is 15.1. The van der Waals surface area contributed by atoms with Crippen LogP contribution in [0.4, 0.5) is 24.5 Å². The Morgan fingerprint density at radius 1 is 1.40 bits per heavy atom. The van der Waals surface area contributed by atoms with Crippen molar-refractivity contribution >= 4 is 17.3 Å². The van der Waals surface area contributed by atoms with Gasteiger partial charge in [0.15, 0.2) is 0 Å². The minimum atomic E-state index is -4.49. The summed E-state index contributed by atoms with van der Waals surface area (Å²) in [4.78, 5) is 13.1. The fourth-order valence-corrected chi connectivity index (χ4v) is 2.37. The van der Waals surface area contributed by atoms with Crippen molar-refractivity contribution in [3.63, 3.8) is 0 Å². The molecule has 7 heteroatoms. The number of anilines is 2. The highest BCUT2D eigenvalue weighted by Gasteiger charge is 2.40. The van der Waals surface area contributed by atoms with Crippen LogP contribution in [0.15, 0.2) is 18.2 Å². The van der Waals surface area contributed by atoms with Gasteiger partial charge in [-0.15, -0.1) is 0 Å². The molecule has 4 N–H and O–H groups in total. The van der Waals surface area contributed by atoms with Crippen molar-refractivity contribution in [2.75, 3.05) is 23.7 Å². The maximum Gasteiger partial charge on any atom is 0.418 e. The molecule has 2 rings (SSSR count). The molecule has 1 aliphatic heterocycles. The number of rotatable bonds is 2. The predicted octanol–water partition coefficient (Wildman–Crippen LogP) is 1.99. The Morgan fingerprint density at radius 2 is 2.05 bits per heavy atom. The van der Waals surface area contributed by atoms with E-state index in [1.165, 1.54) is 12.1 Å². The number of carbonyl (C=O) groups excluding carboxylic acids is 1. The van der Waals surface area contributed by atoms with E-state index in [9.17, 15) is 18.0 Å². The summed E-state index contributed by atoms with van der Waals surface area (Å²) in [5.74, 6) is -0.438. The normalized spacial score (nSPS) is 23.1. The van der Waals surface area contributed by atoms with Crippen LogP contribution in [0.2, 0.25) is 0 Å². The van der Waals surface area contributed by atoms with Gasteiger partial charge in [0.1, 0.15) is 0 Å². The van der Waals surface area contributed by atoms with Gasteiger partial charge in [0.05, 0.1) is 11.0 Å². The van der Waals surface area contributed by atoms with Gasteiger partial charge in [-0.25, -0.2) is 0 Å². The molecule has 0 saturated carbocycles. The Balaban J connectivity index is 2.30. The number of alkyl halides is 3. The quantitative estimate of drug-likeness (QED) is 0.817. The maximum absolute atomic E-state index is 12.8. The zero-order valence-electron chi connectivity index (χ0n) is 11.0. The Labute approximate surface area is 114 Å². The lowest BCUT2D eigenvalue weighted by Gasteiger charge is -2.23. The smallest absolute Gasteiger partial charge is 0.398 e. The van der Waals surface area contributed by atoms with Crippen LogP contribution in [0.5, 0.6) is 0 Å². The van der Waals surface area contributed by atoms with Crippen LogP contribution < -0.4 is 16.4 Å². The summed E-state index contributed by atoms with van der Waals surface area (Å²) in [6, 6.07) is 3.78. The molecule has 1 fully saturated rings. The maximum atomic E-state index is 12.8. The first-order chi connectivity index (χ1) is 9.13. The average Bonchev–Trinajstić information content (AvgIpc) is 2.72.